The molecule has 2 aliphatic heterocycles. The van der Waals surface area contributed by atoms with Crippen LogP contribution < -0.4 is 15.0 Å². The number of carbonyl (C=O) groups is 1. The molecule has 1 amide bonds. The second kappa shape index (κ2) is 8.91. The summed E-state index contributed by atoms with van der Waals surface area (Å²) in [6.45, 7) is 2.62. The summed E-state index contributed by atoms with van der Waals surface area (Å²) in [5, 5.41) is 0.876. The molecule has 1 aromatic carbocycles. The van der Waals surface area contributed by atoms with Gasteiger partial charge in [-0.25, -0.2) is 0 Å². The standard InChI is InChI=1S/C24H30N2O5/c27-23-18(11-17-12-21-22(13-20(17)25-23)31-10-9-30-21)14-26(15-19-7-4-8-29-19)24(28)16-5-2-1-3-6-16/h11-13,16,19H,1-10,14-15H2,(H,25,27). The summed E-state index contributed by atoms with van der Waals surface area (Å²) in [7, 11) is 0. The van der Waals surface area contributed by atoms with Crippen LogP contribution in [-0.4, -0.2) is 48.3 Å². The van der Waals surface area contributed by atoms with E-state index in [4.69, 9.17) is 14.2 Å². The number of H-pyrrole nitrogens is 1. The maximum Gasteiger partial charge on any atom is 0.253 e. The lowest BCUT2D eigenvalue weighted by Gasteiger charge is -2.31. The fourth-order valence-electron chi connectivity index (χ4n) is 4.99. The van der Waals surface area contributed by atoms with Crippen molar-refractivity contribution < 1.29 is 19.0 Å². The van der Waals surface area contributed by atoms with Crippen LogP contribution in [0.3, 0.4) is 0 Å². The van der Waals surface area contributed by atoms with E-state index in [-0.39, 0.29) is 23.5 Å². The van der Waals surface area contributed by atoms with Crippen LogP contribution in [0.25, 0.3) is 10.9 Å². The lowest BCUT2D eigenvalue weighted by molar-refractivity contribution is -0.138. The summed E-state index contributed by atoms with van der Waals surface area (Å²) in [5.74, 6) is 1.56. The van der Waals surface area contributed by atoms with Crippen LogP contribution in [0.5, 0.6) is 11.5 Å². The van der Waals surface area contributed by atoms with Gasteiger partial charge in [-0.2, -0.15) is 0 Å². The number of benzene rings is 1. The number of amides is 1. The minimum Gasteiger partial charge on any atom is -0.486 e. The first-order chi connectivity index (χ1) is 15.2. The zero-order chi connectivity index (χ0) is 21.2. The quantitative estimate of drug-likeness (QED) is 0.793. The third-order valence-electron chi connectivity index (χ3n) is 6.66. The molecule has 0 spiro atoms. The minimum absolute atomic E-state index is 0.0599. The molecule has 2 fully saturated rings. The topological polar surface area (TPSA) is 80.9 Å². The van der Waals surface area contributed by atoms with Crippen LogP contribution in [0, 0.1) is 5.92 Å². The Kier molecular flexibility index (Phi) is 5.85. The van der Waals surface area contributed by atoms with E-state index in [1.807, 2.05) is 23.1 Å². The number of nitrogens with one attached hydrogen (secondary N) is 1. The number of carbonyl (C=O) groups excluding carboxylic acids is 1. The Bertz CT molecular complexity index is 1000. The van der Waals surface area contributed by atoms with E-state index >= 15 is 0 Å². The van der Waals surface area contributed by atoms with Crippen LogP contribution in [0.2, 0.25) is 0 Å². The van der Waals surface area contributed by atoms with Gasteiger partial charge in [0.25, 0.3) is 5.56 Å². The number of hydrogen-bond acceptors (Lipinski definition) is 5. The van der Waals surface area contributed by atoms with Crippen molar-refractivity contribution in [3.8, 4) is 11.5 Å². The maximum atomic E-state index is 13.4. The molecule has 1 aliphatic carbocycles. The summed E-state index contributed by atoms with van der Waals surface area (Å²) >= 11 is 0. The van der Waals surface area contributed by atoms with E-state index in [1.165, 1.54) is 6.42 Å². The van der Waals surface area contributed by atoms with E-state index in [9.17, 15) is 9.59 Å². The lowest BCUT2D eigenvalue weighted by Crippen LogP contribution is -2.42. The first kappa shape index (κ1) is 20.4. The number of hydrogen-bond donors (Lipinski definition) is 1. The molecule has 166 valence electrons. The highest BCUT2D eigenvalue weighted by Crippen LogP contribution is 2.34. The normalized spacial score (nSPS) is 21.4. The molecule has 0 bridgehead atoms. The molecule has 1 aromatic heterocycles. The first-order valence-corrected chi connectivity index (χ1v) is 11.5. The molecule has 1 saturated heterocycles. The van der Waals surface area contributed by atoms with Crippen LogP contribution in [0.1, 0.15) is 50.5 Å². The Morgan fingerprint density at radius 1 is 0.968 bits per heavy atom. The SMILES string of the molecule is O=C(C1CCCCC1)N(Cc1cc2cc3c(cc2[nH]c1=O)OCCO3)CC1CCCO1. The van der Waals surface area contributed by atoms with Gasteiger partial charge in [0.1, 0.15) is 13.2 Å². The highest BCUT2D eigenvalue weighted by Gasteiger charge is 2.29. The number of ether oxygens (including phenoxy) is 3. The Hall–Kier alpha value is -2.54. The van der Waals surface area contributed by atoms with Gasteiger partial charge in [-0.1, -0.05) is 19.3 Å². The molecule has 31 heavy (non-hydrogen) atoms. The van der Waals surface area contributed by atoms with Crippen LogP contribution in [0.15, 0.2) is 23.0 Å². The lowest BCUT2D eigenvalue weighted by atomic mass is 9.88. The molecular formula is C24H30N2O5. The zero-order valence-electron chi connectivity index (χ0n) is 17.9. The maximum absolute atomic E-state index is 13.4. The fourth-order valence-corrected chi connectivity index (χ4v) is 4.99. The second-order valence-electron chi connectivity index (χ2n) is 8.90. The predicted octanol–water partition coefficient (Wildman–Crippen LogP) is 3.39. The Morgan fingerprint density at radius 3 is 2.48 bits per heavy atom. The highest BCUT2D eigenvalue weighted by molar-refractivity contribution is 5.83. The average molecular weight is 427 g/mol. The zero-order valence-corrected chi connectivity index (χ0v) is 17.9. The molecule has 3 heterocycles. The highest BCUT2D eigenvalue weighted by atomic mass is 16.6. The summed E-state index contributed by atoms with van der Waals surface area (Å²) in [4.78, 5) is 31.1. The number of aromatic nitrogens is 1. The third-order valence-corrected chi connectivity index (χ3v) is 6.66. The third kappa shape index (κ3) is 4.42. The van der Waals surface area contributed by atoms with Crippen molar-refractivity contribution in [1.82, 2.24) is 9.88 Å². The molecule has 1 saturated carbocycles. The predicted molar refractivity (Wildman–Crippen MR) is 117 cm³/mol. The van der Waals surface area contributed by atoms with Crippen molar-refractivity contribution in [3.05, 3.63) is 34.1 Å². The van der Waals surface area contributed by atoms with Crippen molar-refractivity contribution in [2.24, 2.45) is 5.92 Å². The van der Waals surface area contributed by atoms with Gasteiger partial charge in [-0.05, 0) is 37.8 Å². The molecule has 5 rings (SSSR count). The summed E-state index contributed by atoms with van der Waals surface area (Å²) in [6.07, 6.45) is 7.35. The molecule has 7 nitrogen and oxygen atoms in total. The molecular weight excluding hydrogens is 396 g/mol. The van der Waals surface area contributed by atoms with E-state index in [0.29, 0.717) is 48.9 Å². The van der Waals surface area contributed by atoms with Gasteiger partial charge in [0.15, 0.2) is 11.5 Å². The van der Waals surface area contributed by atoms with Crippen molar-refractivity contribution >= 4 is 16.8 Å². The Labute approximate surface area is 181 Å². The van der Waals surface area contributed by atoms with Gasteiger partial charge in [-0.3, -0.25) is 9.59 Å². The average Bonchev–Trinajstić information content (AvgIpc) is 3.31. The molecule has 0 radical (unpaired) electrons. The van der Waals surface area contributed by atoms with Crippen LogP contribution in [0.4, 0.5) is 0 Å². The van der Waals surface area contributed by atoms with E-state index in [0.717, 1.165) is 50.5 Å². The van der Waals surface area contributed by atoms with Crippen LogP contribution in [-0.2, 0) is 16.1 Å². The Morgan fingerprint density at radius 2 is 1.74 bits per heavy atom. The number of rotatable bonds is 5. The van der Waals surface area contributed by atoms with Gasteiger partial charge in [0.2, 0.25) is 5.91 Å². The molecule has 3 aliphatic rings. The molecule has 7 heteroatoms. The summed E-state index contributed by atoms with van der Waals surface area (Å²) in [6, 6.07) is 5.59. The summed E-state index contributed by atoms with van der Waals surface area (Å²) < 4.78 is 17.1. The van der Waals surface area contributed by atoms with Gasteiger partial charge >= 0.3 is 0 Å². The number of aromatic amines is 1. The molecule has 1 N–H and O–H groups in total. The van der Waals surface area contributed by atoms with Gasteiger partial charge in [0, 0.05) is 36.1 Å². The monoisotopic (exact) mass is 426 g/mol. The number of fused-ring (bicyclic) bond motifs is 2. The van der Waals surface area contributed by atoms with Crippen molar-refractivity contribution in [3.63, 3.8) is 0 Å². The number of pyridine rings is 1. The van der Waals surface area contributed by atoms with Gasteiger partial charge < -0.3 is 24.1 Å². The fraction of sp³-hybridized carbons (Fsp3) is 0.583. The van der Waals surface area contributed by atoms with Crippen molar-refractivity contribution in [1.29, 1.82) is 0 Å². The molecule has 1 atom stereocenters. The van der Waals surface area contributed by atoms with Crippen LogP contribution >= 0.6 is 0 Å². The molecule has 2 aromatic rings. The van der Waals surface area contributed by atoms with E-state index in [1.54, 1.807) is 0 Å². The van der Waals surface area contributed by atoms with Crippen molar-refractivity contribution in [2.45, 2.75) is 57.6 Å². The first-order valence-electron chi connectivity index (χ1n) is 11.5. The largest absolute Gasteiger partial charge is 0.486 e. The van der Waals surface area contributed by atoms with Gasteiger partial charge in [0.05, 0.1) is 18.2 Å². The smallest absolute Gasteiger partial charge is 0.253 e. The molecule has 1 unspecified atom stereocenters. The minimum atomic E-state index is -0.169. The van der Waals surface area contributed by atoms with E-state index < -0.39 is 0 Å². The number of nitrogens with zero attached hydrogens (tertiary/aromatic N) is 1. The summed E-state index contributed by atoms with van der Waals surface area (Å²) in [5.41, 5.74) is 1.13. The van der Waals surface area contributed by atoms with Gasteiger partial charge in [-0.15, -0.1) is 0 Å². The Balaban J connectivity index is 1.43. The second-order valence-corrected chi connectivity index (χ2v) is 8.90. The van der Waals surface area contributed by atoms with Crippen molar-refractivity contribution in [2.75, 3.05) is 26.4 Å². The van der Waals surface area contributed by atoms with E-state index in [2.05, 4.69) is 4.98 Å².